The van der Waals surface area contributed by atoms with Crippen molar-refractivity contribution < 1.29 is 6.85 Å². The molecule has 3 rings (SSSR count). The Hall–Kier alpha value is -2.30. The molecule has 0 saturated heterocycles. The zero-order chi connectivity index (χ0) is 19.4. The molecule has 1 aromatic carbocycles. The number of aromatic nitrogens is 2. The average Bonchev–Trinajstić information content (AvgIpc) is 3.28. The lowest BCUT2D eigenvalue weighted by molar-refractivity contribution is 0.486. The van der Waals surface area contributed by atoms with Crippen LogP contribution in [0.3, 0.4) is 0 Å². The summed E-state index contributed by atoms with van der Waals surface area (Å²) in [6.45, 7) is 3.44. The van der Waals surface area contributed by atoms with Gasteiger partial charge in [0.1, 0.15) is 5.82 Å². The fraction of sp³-hybridized carbons (Fsp3) is 0.375. The largest absolute Gasteiger partial charge is 0.365 e. The fourth-order valence-electron chi connectivity index (χ4n) is 2.27. The third-order valence-corrected chi connectivity index (χ3v) is 3.77. The molecule has 0 amide bonds. The standard InChI is InChI=1S/C16H19N3O2/c1-11(12-6-4-3-5-7-12)17-13-10-14(20)19(15(21)18-13)16(2)8-9-16/h3-7,10-11,17H,8-9H2,1-2H3,(H,18,21)/t11-/m0/s1/i3D,4D,5D,6D,7D. The van der Waals surface area contributed by atoms with E-state index in [1.165, 1.54) is 10.6 Å². The second-order valence-electron chi connectivity index (χ2n) is 5.56. The Morgan fingerprint density at radius 1 is 1.33 bits per heavy atom. The zero-order valence-corrected chi connectivity index (χ0v) is 11.8. The van der Waals surface area contributed by atoms with Gasteiger partial charge in [-0.2, -0.15) is 0 Å². The monoisotopic (exact) mass is 290 g/mol. The van der Waals surface area contributed by atoms with E-state index in [0.717, 1.165) is 12.8 Å². The van der Waals surface area contributed by atoms with Crippen LogP contribution < -0.4 is 16.6 Å². The van der Waals surface area contributed by atoms with E-state index in [2.05, 4.69) is 10.3 Å². The number of nitrogens with one attached hydrogen (secondary N) is 2. The van der Waals surface area contributed by atoms with Crippen molar-refractivity contribution in [2.75, 3.05) is 5.32 Å². The second-order valence-corrected chi connectivity index (χ2v) is 5.56. The average molecular weight is 290 g/mol. The minimum atomic E-state index is -0.716. The van der Waals surface area contributed by atoms with E-state index in [1.54, 1.807) is 6.92 Å². The van der Waals surface area contributed by atoms with Gasteiger partial charge in [0.05, 0.1) is 12.4 Å². The van der Waals surface area contributed by atoms with Crippen molar-refractivity contribution in [3.63, 3.8) is 0 Å². The van der Waals surface area contributed by atoms with Crippen molar-refractivity contribution in [2.24, 2.45) is 0 Å². The van der Waals surface area contributed by atoms with Gasteiger partial charge in [0.15, 0.2) is 0 Å². The van der Waals surface area contributed by atoms with Crippen molar-refractivity contribution in [1.82, 2.24) is 9.55 Å². The first-order valence-electron chi connectivity index (χ1n) is 9.27. The lowest BCUT2D eigenvalue weighted by Gasteiger charge is -2.17. The van der Waals surface area contributed by atoms with Gasteiger partial charge >= 0.3 is 5.69 Å². The van der Waals surface area contributed by atoms with Crippen LogP contribution in [0.5, 0.6) is 0 Å². The van der Waals surface area contributed by atoms with Gasteiger partial charge in [0.2, 0.25) is 0 Å². The molecule has 1 aromatic heterocycles. The Morgan fingerprint density at radius 3 is 2.57 bits per heavy atom. The van der Waals surface area contributed by atoms with E-state index < -0.39 is 41.0 Å². The van der Waals surface area contributed by atoms with Crippen LogP contribution in [0, 0.1) is 0 Å². The number of anilines is 1. The maximum atomic E-state index is 12.3. The number of aromatic amines is 1. The summed E-state index contributed by atoms with van der Waals surface area (Å²) in [5.74, 6) is 0.139. The Kier molecular flexibility index (Phi) is 2.07. The first-order valence-corrected chi connectivity index (χ1v) is 6.77. The summed E-state index contributed by atoms with van der Waals surface area (Å²) in [4.78, 5) is 27.1. The summed E-state index contributed by atoms with van der Waals surface area (Å²) in [6, 6.07) is -1.44. The van der Waals surface area contributed by atoms with Gasteiger partial charge in [-0.15, -0.1) is 0 Å². The molecule has 1 heterocycles. The van der Waals surface area contributed by atoms with Crippen LogP contribution in [0.2, 0.25) is 0 Å². The van der Waals surface area contributed by atoms with Gasteiger partial charge in [-0.3, -0.25) is 14.3 Å². The molecule has 5 nitrogen and oxygen atoms in total. The van der Waals surface area contributed by atoms with Crippen LogP contribution in [0.4, 0.5) is 5.82 Å². The molecule has 1 aliphatic rings. The van der Waals surface area contributed by atoms with Crippen LogP contribution >= 0.6 is 0 Å². The molecular weight excluding hydrogens is 266 g/mol. The van der Waals surface area contributed by atoms with Crippen LogP contribution in [0.15, 0.2) is 45.9 Å². The SMILES string of the molecule is [2H]c1c([2H])c([2H])c([C@H](C)Nc2cc(=O)n(C3(C)CC3)c(=O)[nH]2)c([2H])c1[2H]. The number of nitrogens with zero attached hydrogens (tertiary/aromatic N) is 1. The van der Waals surface area contributed by atoms with Crippen LogP contribution in [-0.4, -0.2) is 9.55 Å². The number of hydrogen-bond acceptors (Lipinski definition) is 3. The molecule has 0 bridgehead atoms. The highest BCUT2D eigenvalue weighted by molar-refractivity contribution is 5.36. The van der Waals surface area contributed by atoms with E-state index in [9.17, 15) is 9.59 Å². The van der Waals surface area contributed by atoms with Crippen molar-refractivity contribution >= 4 is 5.82 Å². The summed E-state index contributed by atoms with van der Waals surface area (Å²) in [5, 5.41) is 2.86. The molecule has 110 valence electrons. The molecule has 1 saturated carbocycles. The van der Waals surface area contributed by atoms with E-state index in [-0.39, 0.29) is 23.5 Å². The van der Waals surface area contributed by atoms with Crippen LogP contribution in [0.25, 0.3) is 0 Å². The molecule has 0 radical (unpaired) electrons. The van der Waals surface area contributed by atoms with E-state index in [0.29, 0.717) is 0 Å². The molecule has 21 heavy (non-hydrogen) atoms. The normalized spacial score (nSPS) is 20.6. The number of hydrogen-bond donors (Lipinski definition) is 2. The van der Waals surface area contributed by atoms with E-state index in [1.807, 2.05) is 6.92 Å². The lowest BCUT2D eigenvalue weighted by atomic mass is 10.1. The second kappa shape index (κ2) is 4.91. The Labute approximate surface area is 129 Å². The minimum Gasteiger partial charge on any atom is -0.365 e. The quantitative estimate of drug-likeness (QED) is 0.907. The molecule has 5 heteroatoms. The maximum absolute atomic E-state index is 12.3. The highest BCUT2D eigenvalue weighted by Gasteiger charge is 2.41. The predicted molar refractivity (Wildman–Crippen MR) is 82.7 cm³/mol. The van der Waals surface area contributed by atoms with Crippen molar-refractivity contribution in [3.05, 3.63) is 62.7 Å². The number of benzene rings is 1. The molecular formula is C16H19N3O2. The number of rotatable bonds is 4. The van der Waals surface area contributed by atoms with Gasteiger partial charge in [0, 0.05) is 12.1 Å². The first kappa shape index (κ1) is 8.87. The zero-order valence-electron chi connectivity index (χ0n) is 16.8. The van der Waals surface area contributed by atoms with Gasteiger partial charge in [0.25, 0.3) is 5.56 Å². The molecule has 0 unspecified atom stereocenters. The molecule has 1 aliphatic carbocycles. The smallest absolute Gasteiger partial charge is 0.330 e. The Bertz CT molecular complexity index is 950. The Balaban J connectivity index is 1.99. The predicted octanol–water partition coefficient (Wildman–Crippen LogP) is 2.22. The molecule has 0 spiro atoms. The summed E-state index contributed by atoms with van der Waals surface area (Å²) < 4.78 is 40.3. The lowest BCUT2D eigenvalue weighted by Crippen LogP contribution is -2.41. The van der Waals surface area contributed by atoms with Crippen molar-refractivity contribution in [2.45, 2.75) is 38.3 Å². The maximum Gasteiger partial charge on any atom is 0.330 e. The minimum absolute atomic E-state index is 0.0650. The highest BCUT2D eigenvalue weighted by atomic mass is 16.2. The van der Waals surface area contributed by atoms with Crippen LogP contribution in [0.1, 0.15) is 45.1 Å². The third-order valence-electron chi connectivity index (χ3n) is 3.77. The van der Waals surface area contributed by atoms with Gasteiger partial charge in [-0.05, 0) is 32.3 Å². The van der Waals surface area contributed by atoms with Gasteiger partial charge < -0.3 is 5.32 Å². The third kappa shape index (κ3) is 2.63. The topological polar surface area (TPSA) is 66.9 Å². The van der Waals surface area contributed by atoms with Crippen LogP contribution in [-0.2, 0) is 5.54 Å². The van der Waals surface area contributed by atoms with Gasteiger partial charge in [-0.1, -0.05) is 30.2 Å². The first-order chi connectivity index (χ1) is 12.1. The molecule has 1 fully saturated rings. The molecule has 2 aromatic rings. The Morgan fingerprint density at radius 2 is 2.00 bits per heavy atom. The number of H-pyrrole nitrogens is 1. The summed E-state index contributed by atoms with van der Waals surface area (Å²) in [6.07, 6.45) is 1.53. The fourth-order valence-corrected chi connectivity index (χ4v) is 2.27. The summed E-state index contributed by atoms with van der Waals surface area (Å²) >= 11 is 0. The van der Waals surface area contributed by atoms with E-state index in [4.69, 9.17) is 6.85 Å². The highest BCUT2D eigenvalue weighted by Crippen LogP contribution is 2.40. The molecule has 0 aliphatic heterocycles. The van der Waals surface area contributed by atoms with Gasteiger partial charge in [-0.25, -0.2) is 4.79 Å². The van der Waals surface area contributed by atoms with Crippen molar-refractivity contribution in [1.29, 1.82) is 0 Å². The van der Waals surface area contributed by atoms with Crippen molar-refractivity contribution in [3.8, 4) is 0 Å². The summed E-state index contributed by atoms with van der Waals surface area (Å²) in [7, 11) is 0. The van der Waals surface area contributed by atoms with E-state index >= 15 is 0 Å². The molecule has 1 atom stereocenters. The molecule has 2 N–H and O–H groups in total. The summed E-state index contributed by atoms with van der Waals surface area (Å²) in [5.41, 5.74) is -1.35.